The van der Waals surface area contributed by atoms with Crippen LogP contribution in [-0.2, 0) is 4.79 Å². The summed E-state index contributed by atoms with van der Waals surface area (Å²) in [4.78, 5) is 15.4. The van der Waals surface area contributed by atoms with Crippen LogP contribution in [0.15, 0.2) is 12.2 Å². The predicted octanol–water partition coefficient (Wildman–Crippen LogP) is -0.335. The normalized spacial score (nSPS) is 18.3. The lowest BCUT2D eigenvalue weighted by molar-refractivity contribution is -0.131. The summed E-state index contributed by atoms with van der Waals surface area (Å²) in [5.41, 5.74) is 6.47. The molecule has 14 heavy (non-hydrogen) atoms. The van der Waals surface area contributed by atoms with Gasteiger partial charge in [-0.3, -0.25) is 9.69 Å². The van der Waals surface area contributed by atoms with E-state index in [1.807, 2.05) is 11.8 Å². The number of piperazine rings is 1. The van der Waals surface area contributed by atoms with Gasteiger partial charge in [-0.15, -0.1) is 0 Å². The first-order valence-corrected chi connectivity index (χ1v) is 4.98. The van der Waals surface area contributed by atoms with Gasteiger partial charge in [-0.05, 0) is 6.92 Å². The van der Waals surface area contributed by atoms with Crippen LogP contribution in [0.1, 0.15) is 6.92 Å². The van der Waals surface area contributed by atoms with Crippen molar-refractivity contribution in [1.82, 2.24) is 9.80 Å². The number of hydrogen-bond acceptors (Lipinski definition) is 3. The minimum atomic E-state index is 0.0555. The molecule has 0 saturated carbocycles. The summed E-state index contributed by atoms with van der Waals surface area (Å²) in [6.45, 7) is 10.4. The minimum absolute atomic E-state index is 0.0555. The van der Waals surface area contributed by atoms with Gasteiger partial charge in [0.05, 0.1) is 6.54 Å². The third kappa shape index (κ3) is 3.12. The Morgan fingerprint density at radius 3 is 2.36 bits per heavy atom. The molecule has 1 aliphatic rings. The van der Waals surface area contributed by atoms with Crippen LogP contribution in [0.2, 0.25) is 0 Å². The van der Waals surface area contributed by atoms with E-state index in [1.165, 1.54) is 5.57 Å². The number of carbonyl (C=O) groups is 1. The first kappa shape index (κ1) is 11.2. The minimum Gasteiger partial charge on any atom is -0.339 e. The molecule has 0 aromatic rings. The topological polar surface area (TPSA) is 49.6 Å². The molecule has 2 N–H and O–H groups in total. The van der Waals surface area contributed by atoms with E-state index in [-0.39, 0.29) is 12.5 Å². The van der Waals surface area contributed by atoms with Gasteiger partial charge in [-0.1, -0.05) is 12.2 Å². The number of carbonyl (C=O) groups excluding carboxylic acids is 1. The second kappa shape index (κ2) is 5.12. The molecule has 1 aliphatic heterocycles. The average molecular weight is 197 g/mol. The van der Waals surface area contributed by atoms with Gasteiger partial charge >= 0.3 is 0 Å². The van der Waals surface area contributed by atoms with Crippen LogP contribution in [-0.4, -0.2) is 55.0 Å². The molecule has 0 aromatic carbocycles. The lowest BCUT2D eigenvalue weighted by Crippen LogP contribution is -2.50. The van der Waals surface area contributed by atoms with E-state index in [0.717, 1.165) is 32.7 Å². The van der Waals surface area contributed by atoms with Crippen LogP contribution in [0.5, 0.6) is 0 Å². The van der Waals surface area contributed by atoms with Crippen molar-refractivity contribution in [3.05, 3.63) is 12.2 Å². The predicted molar refractivity (Wildman–Crippen MR) is 56.9 cm³/mol. The summed E-state index contributed by atoms with van der Waals surface area (Å²) in [6.07, 6.45) is 0. The highest BCUT2D eigenvalue weighted by atomic mass is 16.2. The molecule has 0 aromatic heterocycles. The fourth-order valence-electron chi connectivity index (χ4n) is 1.67. The molecule has 0 atom stereocenters. The van der Waals surface area contributed by atoms with E-state index < -0.39 is 0 Å². The quantitative estimate of drug-likeness (QED) is 0.630. The summed E-state index contributed by atoms with van der Waals surface area (Å²) in [5, 5.41) is 0. The van der Waals surface area contributed by atoms with E-state index >= 15 is 0 Å². The van der Waals surface area contributed by atoms with Crippen LogP contribution in [0.25, 0.3) is 0 Å². The largest absolute Gasteiger partial charge is 0.339 e. The Balaban J connectivity index is 2.31. The van der Waals surface area contributed by atoms with E-state index in [1.54, 1.807) is 0 Å². The van der Waals surface area contributed by atoms with Crippen LogP contribution in [0.4, 0.5) is 0 Å². The maximum atomic E-state index is 11.3. The zero-order chi connectivity index (χ0) is 10.6. The van der Waals surface area contributed by atoms with Crippen molar-refractivity contribution in [2.75, 3.05) is 39.3 Å². The van der Waals surface area contributed by atoms with Crippen LogP contribution in [0.3, 0.4) is 0 Å². The molecule has 0 aliphatic carbocycles. The molecular weight excluding hydrogens is 178 g/mol. The summed E-state index contributed by atoms with van der Waals surface area (Å²) in [7, 11) is 0. The average Bonchev–Trinajstić information content (AvgIpc) is 2.17. The maximum Gasteiger partial charge on any atom is 0.236 e. The molecule has 1 fully saturated rings. The highest BCUT2D eigenvalue weighted by molar-refractivity contribution is 5.78. The standard InChI is InChI=1S/C10H19N3O/c1-9(2)8-12-3-5-13(6-4-12)10(14)7-11/h1,3-8,11H2,2H3. The monoisotopic (exact) mass is 197 g/mol. The van der Waals surface area contributed by atoms with E-state index in [4.69, 9.17) is 5.73 Å². The molecule has 1 amide bonds. The second-order valence-electron chi connectivity index (χ2n) is 3.82. The Morgan fingerprint density at radius 2 is 1.93 bits per heavy atom. The third-order valence-electron chi connectivity index (χ3n) is 2.39. The molecule has 1 rings (SSSR count). The van der Waals surface area contributed by atoms with E-state index in [0.29, 0.717) is 0 Å². The lowest BCUT2D eigenvalue weighted by atomic mass is 10.2. The van der Waals surface area contributed by atoms with Crippen molar-refractivity contribution in [2.24, 2.45) is 5.73 Å². The molecular formula is C10H19N3O. The van der Waals surface area contributed by atoms with Crippen molar-refractivity contribution < 1.29 is 4.79 Å². The summed E-state index contributed by atoms with van der Waals surface area (Å²) in [5.74, 6) is 0.0555. The number of rotatable bonds is 3. The molecule has 1 saturated heterocycles. The van der Waals surface area contributed by atoms with Crippen molar-refractivity contribution in [3.8, 4) is 0 Å². The molecule has 4 heteroatoms. The van der Waals surface area contributed by atoms with Gasteiger partial charge in [0.25, 0.3) is 0 Å². The van der Waals surface area contributed by atoms with Crippen molar-refractivity contribution in [1.29, 1.82) is 0 Å². The number of nitrogens with two attached hydrogens (primary N) is 1. The van der Waals surface area contributed by atoms with Gasteiger partial charge in [0, 0.05) is 32.7 Å². The van der Waals surface area contributed by atoms with Crippen molar-refractivity contribution in [2.45, 2.75) is 6.92 Å². The summed E-state index contributed by atoms with van der Waals surface area (Å²) in [6, 6.07) is 0. The van der Waals surface area contributed by atoms with Gasteiger partial charge in [-0.25, -0.2) is 0 Å². The van der Waals surface area contributed by atoms with Crippen LogP contribution < -0.4 is 5.73 Å². The zero-order valence-electron chi connectivity index (χ0n) is 8.83. The SMILES string of the molecule is C=C(C)CN1CCN(C(=O)CN)CC1. The molecule has 0 unspecified atom stereocenters. The molecule has 1 heterocycles. The van der Waals surface area contributed by atoms with E-state index in [2.05, 4.69) is 11.5 Å². The fourth-order valence-corrected chi connectivity index (χ4v) is 1.67. The van der Waals surface area contributed by atoms with Crippen molar-refractivity contribution in [3.63, 3.8) is 0 Å². The molecule has 80 valence electrons. The van der Waals surface area contributed by atoms with Gasteiger partial charge in [-0.2, -0.15) is 0 Å². The highest BCUT2D eigenvalue weighted by Crippen LogP contribution is 2.03. The number of nitrogens with zero attached hydrogens (tertiary/aromatic N) is 2. The Morgan fingerprint density at radius 1 is 1.36 bits per heavy atom. The third-order valence-corrected chi connectivity index (χ3v) is 2.39. The summed E-state index contributed by atoms with van der Waals surface area (Å²) < 4.78 is 0. The Bertz CT molecular complexity index is 219. The number of amides is 1. The molecule has 0 bridgehead atoms. The van der Waals surface area contributed by atoms with Crippen molar-refractivity contribution >= 4 is 5.91 Å². The Hall–Kier alpha value is -0.870. The van der Waals surface area contributed by atoms with E-state index in [9.17, 15) is 4.79 Å². The first-order chi connectivity index (χ1) is 6.63. The fraction of sp³-hybridized carbons (Fsp3) is 0.700. The molecule has 0 spiro atoms. The first-order valence-electron chi connectivity index (χ1n) is 4.98. The Labute approximate surface area is 85.3 Å². The van der Waals surface area contributed by atoms with Crippen LogP contribution >= 0.6 is 0 Å². The van der Waals surface area contributed by atoms with Gasteiger partial charge < -0.3 is 10.6 Å². The lowest BCUT2D eigenvalue weighted by Gasteiger charge is -2.34. The Kier molecular flexibility index (Phi) is 4.10. The van der Waals surface area contributed by atoms with Gasteiger partial charge in [0.1, 0.15) is 0 Å². The zero-order valence-corrected chi connectivity index (χ0v) is 8.83. The second-order valence-corrected chi connectivity index (χ2v) is 3.82. The smallest absolute Gasteiger partial charge is 0.236 e. The number of hydrogen-bond donors (Lipinski definition) is 1. The molecule has 0 radical (unpaired) electrons. The summed E-state index contributed by atoms with van der Waals surface area (Å²) >= 11 is 0. The van der Waals surface area contributed by atoms with Crippen LogP contribution in [0, 0.1) is 0 Å². The van der Waals surface area contributed by atoms with Gasteiger partial charge in [0.2, 0.25) is 5.91 Å². The maximum absolute atomic E-state index is 11.3. The highest BCUT2D eigenvalue weighted by Gasteiger charge is 2.19. The molecule has 4 nitrogen and oxygen atoms in total. The van der Waals surface area contributed by atoms with Gasteiger partial charge in [0.15, 0.2) is 0 Å².